The lowest BCUT2D eigenvalue weighted by molar-refractivity contribution is -0.138. The minimum atomic E-state index is -0.766. The van der Waals surface area contributed by atoms with E-state index in [0.29, 0.717) is 38.7 Å². The normalized spacial score (nSPS) is 16.5. The predicted molar refractivity (Wildman–Crippen MR) is 131 cm³/mol. The number of amides is 2. The molecule has 2 amide bonds. The van der Waals surface area contributed by atoms with Gasteiger partial charge < -0.3 is 15.1 Å². The highest BCUT2D eigenvalue weighted by Crippen LogP contribution is 2.28. The van der Waals surface area contributed by atoms with E-state index in [2.05, 4.69) is 10.2 Å². The first-order valence-corrected chi connectivity index (χ1v) is 11.8. The van der Waals surface area contributed by atoms with Crippen LogP contribution in [-0.2, 0) is 16.0 Å². The quantitative estimate of drug-likeness (QED) is 0.593. The van der Waals surface area contributed by atoms with E-state index in [1.807, 2.05) is 7.05 Å². The number of nitrogens with zero attached hydrogens (tertiary/aromatic N) is 2. The van der Waals surface area contributed by atoms with Gasteiger partial charge in [-0.05, 0) is 49.4 Å². The van der Waals surface area contributed by atoms with Gasteiger partial charge in [-0.25, -0.2) is 0 Å². The van der Waals surface area contributed by atoms with Crippen LogP contribution in [0.2, 0.25) is 20.1 Å². The number of hydrogen-bond donors (Lipinski definition) is 1. The van der Waals surface area contributed by atoms with Crippen LogP contribution in [0.3, 0.4) is 0 Å². The van der Waals surface area contributed by atoms with Crippen LogP contribution in [0.4, 0.5) is 0 Å². The number of carbonyl (C=O) groups is 2. The van der Waals surface area contributed by atoms with E-state index < -0.39 is 12.0 Å². The third-order valence-corrected chi connectivity index (χ3v) is 6.84. The molecule has 1 heterocycles. The van der Waals surface area contributed by atoms with Crippen LogP contribution in [0, 0.1) is 0 Å². The van der Waals surface area contributed by atoms with E-state index in [1.165, 1.54) is 0 Å². The SMILES string of the molecule is CC(C(=O)N[C@@H](Cc1ccc(Cl)cc1Cl)C(=O)N1CCN(C)CC1)c1ccc(Cl)cc1Cl. The summed E-state index contributed by atoms with van der Waals surface area (Å²) in [6, 6.07) is 9.38. The first kappa shape index (κ1) is 25.1. The molecule has 172 valence electrons. The number of carbonyl (C=O) groups excluding carboxylic acids is 2. The minimum absolute atomic E-state index is 0.133. The molecule has 2 aromatic carbocycles. The molecule has 0 radical (unpaired) electrons. The van der Waals surface area contributed by atoms with E-state index in [9.17, 15) is 9.59 Å². The molecule has 3 rings (SSSR count). The Kier molecular flexibility index (Phi) is 8.70. The molecule has 1 saturated heterocycles. The van der Waals surface area contributed by atoms with E-state index in [4.69, 9.17) is 46.4 Å². The Balaban J connectivity index is 1.82. The summed E-state index contributed by atoms with van der Waals surface area (Å²) in [6.07, 6.45) is 0.258. The second-order valence-corrected chi connectivity index (χ2v) is 9.70. The van der Waals surface area contributed by atoms with Crippen LogP contribution in [0.1, 0.15) is 24.0 Å². The van der Waals surface area contributed by atoms with Crippen molar-refractivity contribution in [3.63, 3.8) is 0 Å². The van der Waals surface area contributed by atoms with Crippen molar-refractivity contribution in [2.45, 2.75) is 25.3 Å². The number of piperazine rings is 1. The van der Waals surface area contributed by atoms with Gasteiger partial charge in [0, 0.05) is 52.7 Å². The first-order valence-electron chi connectivity index (χ1n) is 10.3. The van der Waals surface area contributed by atoms with Gasteiger partial charge in [0.2, 0.25) is 11.8 Å². The van der Waals surface area contributed by atoms with Gasteiger partial charge in [-0.2, -0.15) is 0 Å². The summed E-state index contributed by atoms with van der Waals surface area (Å²) in [5.74, 6) is -0.998. The molecular weight excluding hydrogens is 492 g/mol. The van der Waals surface area contributed by atoms with Crippen LogP contribution in [-0.4, -0.2) is 60.9 Å². The molecule has 5 nitrogen and oxygen atoms in total. The zero-order valence-electron chi connectivity index (χ0n) is 17.9. The van der Waals surface area contributed by atoms with Crippen LogP contribution >= 0.6 is 46.4 Å². The fraction of sp³-hybridized carbons (Fsp3) is 0.391. The Morgan fingerprint density at radius 2 is 1.53 bits per heavy atom. The van der Waals surface area contributed by atoms with E-state index in [-0.39, 0.29) is 18.2 Å². The minimum Gasteiger partial charge on any atom is -0.343 e. The summed E-state index contributed by atoms with van der Waals surface area (Å²) in [5.41, 5.74) is 1.38. The Labute approximate surface area is 208 Å². The molecule has 1 unspecified atom stereocenters. The summed E-state index contributed by atoms with van der Waals surface area (Å²) < 4.78 is 0. The predicted octanol–water partition coefficient (Wildman–Crippen LogP) is 4.91. The lowest BCUT2D eigenvalue weighted by Gasteiger charge is -2.35. The first-order chi connectivity index (χ1) is 15.2. The Hall–Kier alpha value is -1.50. The van der Waals surface area contributed by atoms with Crippen molar-refractivity contribution in [2.75, 3.05) is 33.2 Å². The van der Waals surface area contributed by atoms with Crippen molar-refractivity contribution in [3.05, 3.63) is 67.6 Å². The van der Waals surface area contributed by atoms with Crippen LogP contribution in [0.5, 0.6) is 0 Å². The summed E-state index contributed by atoms with van der Waals surface area (Å²) in [7, 11) is 2.02. The third-order valence-electron chi connectivity index (χ3n) is 5.69. The summed E-state index contributed by atoms with van der Waals surface area (Å²) in [5, 5.41) is 4.79. The van der Waals surface area contributed by atoms with E-state index in [0.717, 1.165) is 18.7 Å². The standard InChI is InChI=1S/C23H25Cl4N3O2/c1-14(18-6-5-17(25)13-20(18)27)22(31)28-21(11-15-3-4-16(24)12-19(15)26)23(32)30-9-7-29(2)8-10-30/h3-6,12-14,21H,7-11H2,1-2H3,(H,28,31)/t14?,21-/m0/s1. The maximum atomic E-state index is 13.4. The average Bonchev–Trinajstić information content (AvgIpc) is 2.74. The molecule has 2 atom stereocenters. The van der Waals surface area contributed by atoms with Gasteiger partial charge in [0.25, 0.3) is 0 Å². The molecule has 0 bridgehead atoms. The van der Waals surface area contributed by atoms with E-state index >= 15 is 0 Å². The second-order valence-electron chi connectivity index (χ2n) is 8.02. The van der Waals surface area contributed by atoms with Gasteiger partial charge >= 0.3 is 0 Å². The molecular formula is C23H25Cl4N3O2. The second kappa shape index (κ2) is 11.1. The molecule has 1 N–H and O–H groups in total. The molecule has 0 spiro atoms. The van der Waals surface area contributed by atoms with Crippen LogP contribution in [0.25, 0.3) is 0 Å². The summed E-state index contributed by atoms with van der Waals surface area (Å²) >= 11 is 24.6. The number of halogens is 4. The number of likely N-dealkylation sites (N-methyl/N-ethyl adjacent to an activating group) is 1. The zero-order valence-corrected chi connectivity index (χ0v) is 20.9. The largest absolute Gasteiger partial charge is 0.343 e. The van der Waals surface area contributed by atoms with Gasteiger partial charge in [-0.3, -0.25) is 9.59 Å². The molecule has 0 aromatic heterocycles. The molecule has 2 aromatic rings. The van der Waals surface area contributed by atoms with Crippen molar-refractivity contribution in [1.29, 1.82) is 0 Å². The Morgan fingerprint density at radius 1 is 0.938 bits per heavy atom. The summed E-state index contributed by atoms with van der Waals surface area (Å²) in [4.78, 5) is 30.4. The highest BCUT2D eigenvalue weighted by molar-refractivity contribution is 6.35. The van der Waals surface area contributed by atoms with Gasteiger partial charge in [0.15, 0.2) is 0 Å². The van der Waals surface area contributed by atoms with Gasteiger partial charge in [-0.1, -0.05) is 58.5 Å². The highest BCUT2D eigenvalue weighted by atomic mass is 35.5. The molecule has 0 saturated carbocycles. The number of rotatable bonds is 6. The molecule has 1 aliphatic rings. The van der Waals surface area contributed by atoms with Crippen molar-refractivity contribution in [1.82, 2.24) is 15.1 Å². The highest BCUT2D eigenvalue weighted by Gasteiger charge is 2.30. The molecule has 1 fully saturated rings. The van der Waals surface area contributed by atoms with Gasteiger partial charge in [-0.15, -0.1) is 0 Å². The van der Waals surface area contributed by atoms with E-state index in [1.54, 1.807) is 48.2 Å². The lowest BCUT2D eigenvalue weighted by Crippen LogP contribution is -2.55. The molecule has 0 aliphatic carbocycles. The maximum Gasteiger partial charge on any atom is 0.245 e. The fourth-order valence-corrected chi connectivity index (χ4v) is 4.70. The molecule has 32 heavy (non-hydrogen) atoms. The smallest absolute Gasteiger partial charge is 0.245 e. The van der Waals surface area contributed by atoms with Crippen LogP contribution < -0.4 is 5.32 Å². The monoisotopic (exact) mass is 515 g/mol. The van der Waals surface area contributed by atoms with Crippen molar-refractivity contribution in [3.8, 4) is 0 Å². The summed E-state index contributed by atoms with van der Waals surface area (Å²) in [6.45, 7) is 4.52. The van der Waals surface area contributed by atoms with Crippen LogP contribution in [0.15, 0.2) is 36.4 Å². The van der Waals surface area contributed by atoms with Crippen molar-refractivity contribution in [2.24, 2.45) is 0 Å². The molecule has 1 aliphatic heterocycles. The Bertz CT molecular complexity index is 993. The van der Waals surface area contributed by atoms with Crippen molar-refractivity contribution >= 4 is 58.2 Å². The average molecular weight is 517 g/mol. The third kappa shape index (κ3) is 6.30. The number of benzene rings is 2. The number of nitrogens with one attached hydrogen (secondary N) is 1. The van der Waals surface area contributed by atoms with Gasteiger partial charge in [0.1, 0.15) is 6.04 Å². The maximum absolute atomic E-state index is 13.4. The van der Waals surface area contributed by atoms with Gasteiger partial charge in [0.05, 0.1) is 5.92 Å². The fourth-order valence-electron chi connectivity index (χ4n) is 3.65. The lowest BCUT2D eigenvalue weighted by atomic mass is 9.98. The molecule has 9 heteroatoms. The Morgan fingerprint density at radius 3 is 2.12 bits per heavy atom. The zero-order chi connectivity index (χ0) is 23.4. The topological polar surface area (TPSA) is 52.7 Å². The van der Waals surface area contributed by atoms with Crippen molar-refractivity contribution < 1.29 is 9.59 Å². The number of hydrogen-bond acceptors (Lipinski definition) is 3.